The van der Waals surface area contributed by atoms with Crippen molar-refractivity contribution in [3.8, 4) is 0 Å². The van der Waals surface area contributed by atoms with Crippen molar-refractivity contribution in [3.05, 3.63) is 34.0 Å². The van der Waals surface area contributed by atoms with Crippen LogP contribution in [0.1, 0.15) is 30.3 Å². The SMILES string of the molecule is C=C(C)COCCNC(C)c1sccc1C. The van der Waals surface area contributed by atoms with Gasteiger partial charge in [0.25, 0.3) is 0 Å². The van der Waals surface area contributed by atoms with E-state index < -0.39 is 0 Å². The Morgan fingerprint density at radius 1 is 1.62 bits per heavy atom. The summed E-state index contributed by atoms with van der Waals surface area (Å²) in [5.41, 5.74) is 2.44. The molecule has 1 atom stereocenters. The van der Waals surface area contributed by atoms with Gasteiger partial charge in [-0.1, -0.05) is 12.2 Å². The molecule has 0 bridgehead atoms. The molecule has 0 saturated carbocycles. The van der Waals surface area contributed by atoms with Crippen molar-refractivity contribution in [1.29, 1.82) is 0 Å². The van der Waals surface area contributed by atoms with E-state index in [4.69, 9.17) is 4.74 Å². The maximum absolute atomic E-state index is 5.43. The lowest BCUT2D eigenvalue weighted by Gasteiger charge is -2.13. The van der Waals surface area contributed by atoms with Crippen molar-refractivity contribution in [3.63, 3.8) is 0 Å². The van der Waals surface area contributed by atoms with E-state index in [1.165, 1.54) is 10.4 Å². The standard InChI is InChI=1S/C13H21NOS/c1-10(2)9-15-7-6-14-12(4)13-11(3)5-8-16-13/h5,8,12,14H,1,6-7,9H2,2-4H3. The summed E-state index contributed by atoms with van der Waals surface area (Å²) in [5.74, 6) is 0. The van der Waals surface area contributed by atoms with Gasteiger partial charge in [-0.05, 0) is 37.8 Å². The molecule has 3 heteroatoms. The molecule has 0 aliphatic rings. The van der Waals surface area contributed by atoms with Crippen LogP contribution >= 0.6 is 11.3 Å². The highest BCUT2D eigenvalue weighted by atomic mass is 32.1. The van der Waals surface area contributed by atoms with Gasteiger partial charge in [-0.3, -0.25) is 0 Å². The predicted molar refractivity (Wildman–Crippen MR) is 71.1 cm³/mol. The monoisotopic (exact) mass is 239 g/mol. The summed E-state index contributed by atoms with van der Waals surface area (Å²) in [7, 11) is 0. The van der Waals surface area contributed by atoms with Crippen LogP contribution in [-0.4, -0.2) is 19.8 Å². The van der Waals surface area contributed by atoms with Crippen molar-refractivity contribution in [2.24, 2.45) is 0 Å². The molecule has 16 heavy (non-hydrogen) atoms. The van der Waals surface area contributed by atoms with Gasteiger partial charge in [0.2, 0.25) is 0 Å². The number of thiophene rings is 1. The zero-order valence-corrected chi connectivity index (χ0v) is 11.2. The molecular formula is C13H21NOS. The van der Waals surface area contributed by atoms with Crippen molar-refractivity contribution in [2.45, 2.75) is 26.8 Å². The highest BCUT2D eigenvalue weighted by Gasteiger charge is 2.08. The van der Waals surface area contributed by atoms with Crippen molar-refractivity contribution >= 4 is 11.3 Å². The molecule has 0 fully saturated rings. The zero-order valence-electron chi connectivity index (χ0n) is 10.4. The Morgan fingerprint density at radius 2 is 2.38 bits per heavy atom. The molecule has 0 saturated heterocycles. The highest BCUT2D eigenvalue weighted by molar-refractivity contribution is 7.10. The summed E-state index contributed by atoms with van der Waals surface area (Å²) in [4.78, 5) is 1.42. The van der Waals surface area contributed by atoms with Crippen LogP contribution in [0.2, 0.25) is 0 Å². The van der Waals surface area contributed by atoms with E-state index in [1.54, 1.807) is 0 Å². The van der Waals surface area contributed by atoms with Gasteiger partial charge in [0, 0.05) is 17.5 Å². The Labute approximate surface area is 102 Å². The lowest BCUT2D eigenvalue weighted by Crippen LogP contribution is -2.23. The fourth-order valence-electron chi connectivity index (χ4n) is 1.51. The first kappa shape index (κ1) is 13.4. The average molecular weight is 239 g/mol. The molecule has 1 aromatic heterocycles. The largest absolute Gasteiger partial charge is 0.376 e. The molecule has 1 rings (SSSR count). The van der Waals surface area contributed by atoms with Gasteiger partial charge in [-0.25, -0.2) is 0 Å². The molecule has 1 heterocycles. The van der Waals surface area contributed by atoms with Crippen LogP contribution in [0, 0.1) is 6.92 Å². The maximum atomic E-state index is 5.43. The van der Waals surface area contributed by atoms with E-state index >= 15 is 0 Å². The minimum Gasteiger partial charge on any atom is -0.376 e. The van der Waals surface area contributed by atoms with Gasteiger partial charge >= 0.3 is 0 Å². The van der Waals surface area contributed by atoms with E-state index in [1.807, 2.05) is 18.3 Å². The van der Waals surface area contributed by atoms with Crippen LogP contribution in [0.5, 0.6) is 0 Å². The molecule has 0 amide bonds. The third kappa shape index (κ3) is 4.47. The van der Waals surface area contributed by atoms with Crippen LogP contribution in [0.4, 0.5) is 0 Å². The summed E-state index contributed by atoms with van der Waals surface area (Å²) in [6.07, 6.45) is 0. The Kier molecular flexibility index (Phi) is 5.74. The quantitative estimate of drug-likeness (QED) is 0.582. The number of hydrogen-bond donors (Lipinski definition) is 1. The third-order valence-corrected chi connectivity index (χ3v) is 3.54. The summed E-state index contributed by atoms with van der Waals surface area (Å²) in [6.45, 7) is 12.4. The minimum atomic E-state index is 0.411. The van der Waals surface area contributed by atoms with Crippen LogP contribution in [0.15, 0.2) is 23.6 Å². The molecule has 2 nitrogen and oxygen atoms in total. The number of hydrogen-bond acceptors (Lipinski definition) is 3. The van der Waals surface area contributed by atoms with Crippen LogP contribution < -0.4 is 5.32 Å². The van der Waals surface area contributed by atoms with Crippen molar-refractivity contribution in [2.75, 3.05) is 19.8 Å². The van der Waals surface area contributed by atoms with Gasteiger partial charge in [0.1, 0.15) is 0 Å². The van der Waals surface area contributed by atoms with Crippen LogP contribution in [0.3, 0.4) is 0 Å². The molecule has 0 spiro atoms. The first-order chi connectivity index (χ1) is 7.61. The molecule has 1 N–H and O–H groups in total. The smallest absolute Gasteiger partial charge is 0.0672 e. The fraction of sp³-hybridized carbons (Fsp3) is 0.538. The molecule has 0 aliphatic carbocycles. The van der Waals surface area contributed by atoms with Gasteiger partial charge in [0.05, 0.1) is 13.2 Å². The summed E-state index contributed by atoms with van der Waals surface area (Å²) < 4.78 is 5.43. The highest BCUT2D eigenvalue weighted by Crippen LogP contribution is 2.22. The lowest BCUT2D eigenvalue weighted by atomic mass is 10.2. The molecule has 1 unspecified atom stereocenters. The number of nitrogens with one attached hydrogen (secondary N) is 1. The van der Waals surface area contributed by atoms with Crippen molar-refractivity contribution < 1.29 is 4.74 Å². The van der Waals surface area contributed by atoms with Gasteiger partial charge in [-0.2, -0.15) is 0 Å². The molecular weight excluding hydrogens is 218 g/mol. The molecule has 1 aromatic rings. The van der Waals surface area contributed by atoms with E-state index in [-0.39, 0.29) is 0 Å². The summed E-state index contributed by atoms with van der Waals surface area (Å²) in [5, 5.41) is 5.59. The average Bonchev–Trinajstić information content (AvgIpc) is 2.63. The van der Waals surface area contributed by atoms with Gasteiger partial charge < -0.3 is 10.1 Å². The first-order valence-electron chi connectivity index (χ1n) is 5.60. The minimum absolute atomic E-state index is 0.411. The predicted octanol–water partition coefficient (Wildman–Crippen LogP) is 3.30. The zero-order chi connectivity index (χ0) is 12.0. The first-order valence-corrected chi connectivity index (χ1v) is 6.48. The molecule has 90 valence electrons. The fourth-order valence-corrected chi connectivity index (χ4v) is 2.47. The second-order valence-corrected chi connectivity index (χ2v) is 5.10. The topological polar surface area (TPSA) is 21.3 Å². The van der Waals surface area contributed by atoms with Crippen LogP contribution in [-0.2, 0) is 4.74 Å². The summed E-state index contributed by atoms with van der Waals surface area (Å²) >= 11 is 1.81. The Morgan fingerprint density at radius 3 is 2.94 bits per heavy atom. The van der Waals surface area contributed by atoms with Crippen LogP contribution in [0.25, 0.3) is 0 Å². The van der Waals surface area contributed by atoms with E-state index in [0.29, 0.717) is 12.6 Å². The molecule has 0 aliphatic heterocycles. The van der Waals surface area contributed by atoms with Gasteiger partial charge in [0.15, 0.2) is 0 Å². The second kappa shape index (κ2) is 6.84. The van der Waals surface area contributed by atoms with E-state index in [9.17, 15) is 0 Å². The van der Waals surface area contributed by atoms with E-state index in [0.717, 1.165) is 18.7 Å². The number of aryl methyl sites for hydroxylation is 1. The Balaban J connectivity index is 2.18. The second-order valence-electron chi connectivity index (χ2n) is 4.15. The summed E-state index contributed by atoms with van der Waals surface area (Å²) in [6, 6.07) is 2.57. The maximum Gasteiger partial charge on any atom is 0.0672 e. The number of ether oxygens (including phenoxy) is 1. The van der Waals surface area contributed by atoms with Crippen molar-refractivity contribution in [1.82, 2.24) is 5.32 Å². The normalized spacial score (nSPS) is 12.7. The van der Waals surface area contributed by atoms with E-state index in [2.05, 4.69) is 37.2 Å². The Bertz CT molecular complexity index is 332. The molecule has 0 aromatic carbocycles. The van der Waals surface area contributed by atoms with Gasteiger partial charge in [-0.15, -0.1) is 11.3 Å². The number of rotatable bonds is 7. The molecule has 0 radical (unpaired) electrons. The third-order valence-electron chi connectivity index (χ3n) is 2.34. The lowest BCUT2D eigenvalue weighted by molar-refractivity contribution is 0.156. The Hall–Kier alpha value is -0.640.